The third-order valence-corrected chi connectivity index (χ3v) is 4.75. The number of aromatic nitrogens is 1. The Hall–Kier alpha value is -1.80. The van der Waals surface area contributed by atoms with Crippen LogP contribution in [-0.4, -0.2) is 56.3 Å². The Morgan fingerprint density at radius 1 is 1.15 bits per heavy atom. The fraction of sp³-hybridized carbons (Fsp3) is 0.474. The van der Waals surface area contributed by atoms with E-state index in [-0.39, 0.29) is 12.3 Å². The van der Waals surface area contributed by atoms with Crippen molar-refractivity contribution in [2.24, 2.45) is 0 Å². The zero-order chi connectivity index (χ0) is 18.8. The molecule has 1 aromatic heterocycles. The molecule has 1 N–H and O–H groups in total. The Kier molecular flexibility index (Phi) is 8.70. The monoisotopic (exact) mass is 377 g/mol. The van der Waals surface area contributed by atoms with Crippen LogP contribution in [0.4, 0.5) is 5.69 Å². The van der Waals surface area contributed by atoms with Crippen molar-refractivity contribution in [3.8, 4) is 0 Å². The maximum Gasteiger partial charge on any atom is 0.231 e. The lowest BCUT2D eigenvalue weighted by Crippen LogP contribution is -2.30. The molecule has 6 nitrogen and oxygen atoms in total. The quantitative estimate of drug-likeness (QED) is 0.652. The molecule has 0 fully saturated rings. The SMILES string of the molecule is COCCN(CCOC)Cc1csc(CC(=O)Nc2ccc(C)cc2)n1. The van der Waals surface area contributed by atoms with Crippen LogP contribution in [0.15, 0.2) is 29.6 Å². The third kappa shape index (κ3) is 7.21. The van der Waals surface area contributed by atoms with Gasteiger partial charge in [-0.05, 0) is 19.1 Å². The zero-order valence-electron chi connectivity index (χ0n) is 15.7. The number of aryl methyl sites for hydroxylation is 1. The summed E-state index contributed by atoms with van der Waals surface area (Å²) in [5.74, 6) is -0.0506. The maximum absolute atomic E-state index is 12.2. The lowest BCUT2D eigenvalue weighted by Gasteiger charge is -2.20. The summed E-state index contributed by atoms with van der Waals surface area (Å²) in [6.07, 6.45) is 0.286. The molecule has 0 unspecified atom stereocenters. The van der Waals surface area contributed by atoms with E-state index in [4.69, 9.17) is 9.47 Å². The number of ether oxygens (including phenoxy) is 2. The molecule has 0 spiro atoms. The number of carbonyl (C=O) groups is 1. The van der Waals surface area contributed by atoms with E-state index in [2.05, 4.69) is 15.2 Å². The molecule has 2 rings (SSSR count). The number of nitrogens with zero attached hydrogens (tertiary/aromatic N) is 2. The molecule has 0 saturated heterocycles. The smallest absolute Gasteiger partial charge is 0.231 e. The van der Waals surface area contributed by atoms with Crippen LogP contribution in [0.3, 0.4) is 0 Å². The molecule has 0 aliphatic heterocycles. The highest BCUT2D eigenvalue weighted by Gasteiger charge is 2.11. The van der Waals surface area contributed by atoms with Gasteiger partial charge < -0.3 is 14.8 Å². The number of rotatable bonds is 11. The lowest BCUT2D eigenvalue weighted by atomic mass is 10.2. The summed E-state index contributed by atoms with van der Waals surface area (Å²) in [6, 6.07) is 7.77. The average Bonchev–Trinajstić information content (AvgIpc) is 3.06. The van der Waals surface area contributed by atoms with E-state index in [9.17, 15) is 4.79 Å². The second-order valence-corrected chi connectivity index (χ2v) is 7.03. The van der Waals surface area contributed by atoms with E-state index in [1.807, 2.05) is 36.6 Å². The average molecular weight is 378 g/mol. The minimum atomic E-state index is -0.0506. The first-order valence-corrected chi connectivity index (χ1v) is 9.48. The molecule has 142 valence electrons. The molecule has 26 heavy (non-hydrogen) atoms. The molecule has 2 aromatic rings. The van der Waals surface area contributed by atoms with Gasteiger partial charge >= 0.3 is 0 Å². The second-order valence-electron chi connectivity index (χ2n) is 6.09. The summed E-state index contributed by atoms with van der Waals surface area (Å²) in [5, 5.41) is 5.74. The Bertz CT molecular complexity index is 665. The van der Waals surface area contributed by atoms with Crippen molar-refractivity contribution in [3.05, 3.63) is 45.9 Å². The molecule has 1 heterocycles. The second kappa shape index (κ2) is 11.0. The van der Waals surface area contributed by atoms with Gasteiger partial charge in [0.2, 0.25) is 5.91 Å². The lowest BCUT2D eigenvalue weighted by molar-refractivity contribution is -0.115. The van der Waals surface area contributed by atoms with Gasteiger partial charge in [0, 0.05) is 44.9 Å². The van der Waals surface area contributed by atoms with Gasteiger partial charge in [-0.25, -0.2) is 4.98 Å². The van der Waals surface area contributed by atoms with Crippen molar-refractivity contribution in [1.82, 2.24) is 9.88 Å². The van der Waals surface area contributed by atoms with Crippen molar-refractivity contribution >= 4 is 22.9 Å². The number of carbonyl (C=O) groups excluding carboxylic acids is 1. The summed E-state index contributed by atoms with van der Waals surface area (Å²) in [6.45, 7) is 5.72. The fourth-order valence-electron chi connectivity index (χ4n) is 2.42. The maximum atomic E-state index is 12.2. The molecule has 7 heteroatoms. The molecule has 1 amide bonds. The van der Waals surface area contributed by atoms with Gasteiger partial charge in [0.15, 0.2) is 0 Å². The van der Waals surface area contributed by atoms with Gasteiger partial charge in [0.25, 0.3) is 0 Å². The molecule has 0 aliphatic carbocycles. The van der Waals surface area contributed by atoms with E-state index >= 15 is 0 Å². The molecular weight excluding hydrogens is 350 g/mol. The number of hydrogen-bond donors (Lipinski definition) is 1. The summed E-state index contributed by atoms with van der Waals surface area (Å²) in [5.41, 5.74) is 2.95. The van der Waals surface area contributed by atoms with Crippen molar-refractivity contribution < 1.29 is 14.3 Å². The molecule has 0 aliphatic rings. The van der Waals surface area contributed by atoms with Gasteiger partial charge in [0.1, 0.15) is 5.01 Å². The van der Waals surface area contributed by atoms with Crippen LogP contribution in [0.2, 0.25) is 0 Å². The largest absolute Gasteiger partial charge is 0.383 e. The van der Waals surface area contributed by atoms with Crippen LogP contribution in [0, 0.1) is 6.92 Å². The Morgan fingerprint density at radius 2 is 1.81 bits per heavy atom. The Balaban J connectivity index is 1.86. The Labute approximate surface area is 159 Å². The highest BCUT2D eigenvalue weighted by atomic mass is 32.1. The number of hydrogen-bond acceptors (Lipinski definition) is 6. The zero-order valence-corrected chi connectivity index (χ0v) is 16.5. The Morgan fingerprint density at radius 3 is 2.42 bits per heavy atom. The summed E-state index contributed by atoms with van der Waals surface area (Å²) in [4.78, 5) is 19.0. The number of methoxy groups -OCH3 is 2. The van der Waals surface area contributed by atoms with Gasteiger partial charge in [-0.1, -0.05) is 17.7 Å². The standard InChI is InChI=1S/C19H27N3O3S/c1-15-4-6-16(7-5-15)20-18(23)12-19-21-17(14-26-19)13-22(8-10-24-2)9-11-25-3/h4-7,14H,8-13H2,1-3H3,(H,20,23). The predicted molar refractivity (Wildman–Crippen MR) is 105 cm³/mol. The van der Waals surface area contributed by atoms with Crippen LogP contribution in [0.25, 0.3) is 0 Å². The summed E-state index contributed by atoms with van der Waals surface area (Å²) < 4.78 is 10.3. The minimum Gasteiger partial charge on any atom is -0.383 e. The van der Waals surface area contributed by atoms with E-state index < -0.39 is 0 Å². The van der Waals surface area contributed by atoms with Crippen LogP contribution < -0.4 is 5.32 Å². The normalized spacial score (nSPS) is 11.1. The first-order chi connectivity index (χ1) is 12.6. The molecule has 0 atom stereocenters. The summed E-state index contributed by atoms with van der Waals surface area (Å²) in [7, 11) is 3.39. The van der Waals surface area contributed by atoms with Gasteiger partial charge in [-0.3, -0.25) is 9.69 Å². The van der Waals surface area contributed by atoms with Crippen LogP contribution in [0.5, 0.6) is 0 Å². The van der Waals surface area contributed by atoms with Crippen molar-refractivity contribution in [1.29, 1.82) is 0 Å². The van der Waals surface area contributed by atoms with Crippen LogP contribution >= 0.6 is 11.3 Å². The number of benzene rings is 1. The number of nitrogens with one attached hydrogen (secondary N) is 1. The highest BCUT2D eigenvalue weighted by Crippen LogP contribution is 2.14. The first-order valence-electron chi connectivity index (χ1n) is 8.60. The molecule has 0 saturated carbocycles. The van der Waals surface area contributed by atoms with E-state index in [0.29, 0.717) is 13.2 Å². The van der Waals surface area contributed by atoms with Crippen molar-refractivity contribution in [2.75, 3.05) is 45.8 Å². The summed E-state index contributed by atoms with van der Waals surface area (Å²) >= 11 is 1.52. The van der Waals surface area contributed by atoms with Crippen molar-refractivity contribution in [3.63, 3.8) is 0 Å². The van der Waals surface area contributed by atoms with E-state index in [1.54, 1.807) is 14.2 Å². The number of thiazole rings is 1. The third-order valence-electron chi connectivity index (χ3n) is 3.86. The molecule has 1 aromatic carbocycles. The minimum absolute atomic E-state index is 0.0506. The first kappa shape index (κ1) is 20.5. The number of anilines is 1. The topological polar surface area (TPSA) is 63.7 Å². The predicted octanol–water partition coefficient (Wildman–Crippen LogP) is 2.73. The molecule has 0 bridgehead atoms. The number of amides is 1. The molecular formula is C19H27N3O3S. The van der Waals surface area contributed by atoms with Gasteiger partial charge in [-0.2, -0.15) is 0 Å². The van der Waals surface area contributed by atoms with E-state index in [1.165, 1.54) is 16.9 Å². The fourth-order valence-corrected chi connectivity index (χ4v) is 3.21. The highest BCUT2D eigenvalue weighted by molar-refractivity contribution is 7.09. The van der Waals surface area contributed by atoms with Crippen LogP contribution in [0.1, 0.15) is 16.3 Å². The van der Waals surface area contributed by atoms with Crippen LogP contribution in [-0.2, 0) is 27.2 Å². The van der Waals surface area contributed by atoms with Gasteiger partial charge in [-0.15, -0.1) is 11.3 Å². The van der Waals surface area contributed by atoms with Gasteiger partial charge in [0.05, 0.1) is 25.3 Å². The van der Waals surface area contributed by atoms with E-state index in [0.717, 1.165) is 36.0 Å². The molecule has 0 radical (unpaired) electrons. The van der Waals surface area contributed by atoms with Crippen molar-refractivity contribution in [2.45, 2.75) is 19.9 Å².